The van der Waals surface area contributed by atoms with Gasteiger partial charge in [-0.3, -0.25) is 0 Å². The van der Waals surface area contributed by atoms with Crippen LogP contribution >= 0.6 is 15.9 Å². The highest BCUT2D eigenvalue weighted by Gasteiger charge is 1.96. The molecule has 0 aliphatic carbocycles. The van der Waals surface area contributed by atoms with Crippen molar-refractivity contribution in [3.05, 3.63) is 33.8 Å². The number of nitrogens with one attached hydrogen (secondary N) is 1. The van der Waals surface area contributed by atoms with E-state index in [1.807, 2.05) is 0 Å². The van der Waals surface area contributed by atoms with Crippen molar-refractivity contribution in [3.8, 4) is 0 Å². The number of benzene rings is 1. The molecule has 0 unspecified atom stereocenters. The zero-order valence-electron chi connectivity index (χ0n) is 6.52. The van der Waals surface area contributed by atoms with Crippen LogP contribution in [0.5, 0.6) is 0 Å². The van der Waals surface area contributed by atoms with Crippen molar-refractivity contribution < 1.29 is 4.99 Å². The number of hydrogen-bond acceptors (Lipinski definition) is 0. The zero-order valence-corrected chi connectivity index (χ0v) is 8.11. The molecule has 0 bridgehead atoms. The minimum absolute atomic E-state index is 0.828. The van der Waals surface area contributed by atoms with E-state index in [0.29, 0.717) is 0 Å². The Morgan fingerprint density at radius 2 is 2.27 bits per heavy atom. The van der Waals surface area contributed by atoms with Crippen molar-refractivity contribution in [2.45, 2.75) is 13.5 Å². The number of aryl methyl sites for hydroxylation is 1. The summed E-state index contributed by atoms with van der Waals surface area (Å²) in [5, 5.41) is 0. The van der Waals surface area contributed by atoms with E-state index < -0.39 is 0 Å². The summed E-state index contributed by atoms with van der Waals surface area (Å²) in [6.07, 6.45) is 0. The summed E-state index contributed by atoms with van der Waals surface area (Å²) in [7, 11) is 0. The summed E-state index contributed by atoms with van der Waals surface area (Å²) in [5.41, 5.74) is 2.53. The van der Waals surface area contributed by atoms with E-state index in [0.717, 1.165) is 11.0 Å². The van der Waals surface area contributed by atoms with Crippen LogP contribution in [0.25, 0.3) is 0 Å². The Hall–Kier alpha value is -0.630. The average Bonchev–Trinajstić information content (AvgIpc) is 1.98. The topological polar surface area (TPSA) is 14.0 Å². The van der Waals surface area contributed by atoms with Crippen LogP contribution in [0.4, 0.5) is 0 Å². The quantitative estimate of drug-likeness (QED) is 0.705. The van der Waals surface area contributed by atoms with Crippen LogP contribution in [0.1, 0.15) is 11.1 Å². The van der Waals surface area contributed by atoms with Crippen LogP contribution in [0.2, 0.25) is 0 Å². The smallest absolute Gasteiger partial charge is 0.165 e. The lowest BCUT2D eigenvalue weighted by Crippen LogP contribution is -2.63. The molecule has 0 fully saturated rings. The van der Waals surface area contributed by atoms with Crippen molar-refractivity contribution in [1.29, 1.82) is 0 Å². The molecule has 0 aliphatic rings. The Labute approximate surface area is 75.3 Å². The van der Waals surface area contributed by atoms with Gasteiger partial charge in [-0.2, -0.15) is 0 Å². The summed E-state index contributed by atoms with van der Waals surface area (Å²) in [5.74, 6) is 0. The molecule has 1 aromatic carbocycles. The third-order valence-electron chi connectivity index (χ3n) is 1.55. The molecule has 1 aromatic rings. The minimum atomic E-state index is 0.828. The van der Waals surface area contributed by atoms with Crippen LogP contribution in [0.3, 0.4) is 0 Å². The van der Waals surface area contributed by atoms with Gasteiger partial charge in [-0.05, 0) is 24.6 Å². The molecule has 0 spiro atoms. The maximum atomic E-state index is 3.57. The highest BCUT2D eigenvalue weighted by molar-refractivity contribution is 9.10. The second kappa shape index (κ2) is 3.67. The van der Waals surface area contributed by atoms with Gasteiger partial charge in [-0.1, -0.05) is 22.0 Å². The number of rotatable bonds is 2. The molecule has 1 N–H and O–H groups in total. The molecule has 11 heavy (non-hydrogen) atoms. The zero-order chi connectivity index (χ0) is 8.27. The summed E-state index contributed by atoms with van der Waals surface area (Å²) >= 11 is 3.44. The van der Waals surface area contributed by atoms with Gasteiger partial charge < -0.3 is 0 Å². The van der Waals surface area contributed by atoms with Crippen LogP contribution in [0.15, 0.2) is 22.7 Å². The van der Waals surface area contributed by atoms with E-state index in [9.17, 15) is 0 Å². The Kier molecular flexibility index (Phi) is 2.83. The first-order valence-corrected chi connectivity index (χ1v) is 4.28. The molecular weight excluding hydrogens is 202 g/mol. The van der Waals surface area contributed by atoms with E-state index in [1.165, 1.54) is 11.1 Å². The Morgan fingerprint density at radius 3 is 2.82 bits per heavy atom. The maximum Gasteiger partial charge on any atom is 0.165 e. The number of halogens is 1. The predicted octanol–water partition coefficient (Wildman–Crippen LogP) is 1.04. The molecule has 0 aliphatic heterocycles. The molecule has 0 saturated heterocycles. The lowest BCUT2D eigenvalue weighted by atomic mass is 10.1. The van der Waals surface area contributed by atoms with Gasteiger partial charge in [0.25, 0.3) is 0 Å². The lowest BCUT2D eigenvalue weighted by molar-refractivity contribution is -0.465. The maximum absolute atomic E-state index is 3.57. The van der Waals surface area contributed by atoms with Gasteiger partial charge in [-0.15, -0.1) is 0 Å². The van der Waals surface area contributed by atoms with Crippen molar-refractivity contribution in [1.82, 2.24) is 0 Å². The third kappa shape index (κ3) is 2.15. The molecule has 0 atom stereocenters. The Morgan fingerprint density at radius 1 is 1.55 bits per heavy atom. The fourth-order valence-electron chi connectivity index (χ4n) is 0.961. The van der Waals surface area contributed by atoms with Crippen LogP contribution in [-0.4, -0.2) is 6.72 Å². The van der Waals surface area contributed by atoms with Crippen LogP contribution in [-0.2, 0) is 6.54 Å². The molecule has 1 rings (SSSR count). The first-order chi connectivity index (χ1) is 5.24. The second-order valence-corrected chi connectivity index (χ2v) is 3.36. The molecule has 1 nitrogen and oxygen atoms in total. The molecule has 0 saturated carbocycles. The Bertz CT molecular complexity index is 268. The monoisotopic (exact) mass is 212 g/mol. The molecule has 0 amide bonds. The van der Waals surface area contributed by atoms with Gasteiger partial charge >= 0.3 is 0 Å². The summed E-state index contributed by atoms with van der Waals surface area (Å²) in [6.45, 7) is 6.48. The van der Waals surface area contributed by atoms with E-state index in [2.05, 4.69) is 52.8 Å². The first kappa shape index (κ1) is 8.47. The third-order valence-corrected chi connectivity index (χ3v) is 2.44. The van der Waals surface area contributed by atoms with Gasteiger partial charge in [0.15, 0.2) is 6.54 Å². The fourth-order valence-corrected chi connectivity index (χ4v) is 1.21. The first-order valence-electron chi connectivity index (χ1n) is 3.49. The lowest BCUT2D eigenvalue weighted by Gasteiger charge is -1.98. The minimum Gasteiger partial charge on any atom is -0.250 e. The molecule has 0 heterocycles. The van der Waals surface area contributed by atoms with Crippen molar-refractivity contribution in [2.24, 2.45) is 0 Å². The van der Waals surface area contributed by atoms with E-state index in [1.54, 1.807) is 0 Å². The summed E-state index contributed by atoms with van der Waals surface area (Å²) < 4.78 is 1.16. The molecule has 58 valence electrons. The number of hydrogen-bond donors (Lipinski definition) is 1. The van der Waals surface area contributed by atoms with Gasteiger partial charge in [0.1, 0.15) is 6.72 Å². The SMILES string of the molecule is C=[NH+]Cc1ccc(Br)c(C)c1. The normalized spacial score (nSPS) is 9.64. The molecule has 0 aromatic heterocycles. The van der Waals surface area contributed by atoms with Gasteiger partial charge in [0.05, 0.1) is 0 Å². The standard InChI is InChI=1S/C9H10BrN/c1-7-5-8(6-11-2)3-4-9(7)10/h3-5H,2,6H2,1H3/p+1. The fraction of sp³-hybridized carbons (Fsp3) is 0.222. The van der Waals surface area contributed by atoms with E-state index in [-0.39, 0.29) is 0 Å². The van der Waals surface area contributed by atoms with E-state index in [4.69, 9.17) is 0 Å². The van der Waals surface area contributed by atoms with Gasteiger partial charge in [0.2, 0.25) is 0 Å². The highest BCUT2D eigenvalue weighted by Crippen LogP contribution is 2.16. The average molecular weight is 213 g/mol. The van der Waals surface area contributed by atoms with Crippen molar-refractivity contribution >= 4 is 22.6 Å². The van der Waals surface area contributed by atoms with Crippen LogP contribution in [0, 0.1) is 6.92 Å². The summed E-state index contributed by atoms with van der Waals surface area (Å²) in [4.78, 5) is 2.87. The molecule has 2 heteroatoms. The molecular formula is C9H11BrN+. The van der Waals surface area contributed by atoms with E-state index >= 15 is 0 Å². The second-order valence-electron chi connectivity index (χ2n) is 2.51. The van der Waals surface area contributed by atoms with Gasteiger partial charge in [-0.25, -0.2) is 4.99 Å². The highest BCUT2D eigenvalue weighted by atomic mass is 79.9. The predicted molar refractivity (Wildman–Crippen MR) is 50.7 cm³/mol. The largest absolute Gasteiger partial charge is 0.250 e. The van der Waals surface area contributed by atoms with Gasteiger partial charge in [0, 0.05) is 10.0 Å². The molecule has 0 radical (unpaired) electrons. The Balaban J connectivity index is 2.95. The summed E-state index contributed by atoms with van der Waals surface area (Å²) in [6, 6.07) is 6.28. The van der Waals surface area contributed by atoms with Crippen LogP contribution < -0.4 is 4.99 Å². The van der Waals surface area contributed by atoms with Crippen molar-refractivity contribution in [2.75, 3.05) is 0 Å². The van der Waals surface area contributed by atoms with Crippen molar-refractivity contribution in [3.63, 3.8) is 0 Å².